The molecule has 0 aliphatic carbocycles. The van der Waals surface area contributed by atoms with E-state index < -0.39 is 5.63 Å². The lowest BCUT2D eigenvalue weighted by molar-refractivity contribution is 0.563. The number of fused-ring (bicyclic) bond motifs is 1. The van der Waals surface area contributed by atoms with Gasteiger partial charge in [0.25, 0.3) is 0 Å². The van der Waals surface area contributed by atoms with Gasteiger partial charge in [-0.1, -0.05) is 60.1 Å². The van der Waals surface area contributed by atoms with Crippen LogP contribution in [-0.2, 0) is 6.42 Å². The van der Waals surface area contributed by atoms with E-state index in [0.717, 1.165) is 16.5 Å². The Kier molecular flexibility index (Phi) is 5.25. The molecule has 5 rings (SSSR count). The van der Waals surface area contributed by atoms with E-state index in [-0.39, 0.29) is 5.82 Å². The first-order valence-corrected chi connectivity index (χ1v) is 10.4. The topological polar surface area (TPSA) is 56.0 Å². The van der Waals surface area contributed by atoms with Gasteiger partial charge < -0.3 is 4.42 Å². The second kappa shape index (κ2) is 8.36. The molecule has 2 heterocycles. The highest BCUT2D eigenvalue weighted by Crippen LogP contribution is 2.29. The van der Waals surface area contributed by atoms with Gasteiger partial charge in [-0.25, -0.2) is 19.2 Å². The zero-order valence-electron chi connectivity index (χ0n) is 16.8. The number of hydrogen-bond donors (Lipinski definition) is 0. The van der Waals surface area contributed by atoms with E-state index in [1.807, 2.05) is 36.4 Å². The van der Waals surface area contributed by atoms with Crippen LogP contribution in [0.1, 0.15) is 11.4 Å². The quantitative estimate of drug-likeness (QED) is 0.306. The summed E-state index contributed by atoms with van der Waals surface area (Å²) in [5, 5.41) is 1.33. The summed E-state index contributed by atoms with van der Waals surface area (Å²) in [6.45, 7) is 0. The molecule has 6 heteroatoms. The van der Waals surface area contributed by atoms with Crippen molar-refractivity contribution in [3.8, 4) is 22.5 Å². The van der Waals surface area contributed by atoms with Crippen molar-refractivity contribution in [2.75, 3.05) is 0 Å². The van der Waals surface area contributed by atoms with Crippen LogP contribution < -0.4 is 5.63 Å². The van der Waals surface area contributed by atoms with Crippen molar-refractivity contribution in [3.05, 3.63) is 118 Å². The monoisotopic (exact) mass is 442 g/mol. The Morgan fingerprint density at radius 3 is 2.28 bits per heavy atom. The second-order valence-electron chi connectivity index (χ2n) is 7.32. The normalized spacial score (nSPS) is 11.1. The summed E-state index contributed by atoms with van der Waals surface area (Å²) in [5.74, 6) is 0.172. The third kappa shape index (κ3) is 4.03. The van der Waals surface area contributed by atoms with E-state index >= 15 is 0 Å². The molecule has 4 nitrogen and oxygen atoms in total. The lowest BCUT2D eigenvalue weighted by Crippen LogP contribution is -2.07. The summed E-state index contributed by atoms with van der Waals surface area (Å²) in [5.41, 5.74) is 2.95. The summed E-state index contributed by atoms with van der Waals surface area (Å²) in [6.07, 6.45) is 0.366. The molecule has 5 aromatic rings. The van der Waals surface area contributed by atoms with Gasteiger partial charge in [0.05, 0.1) is 17.0 Å². The smallest absolute Gasteiger partial charge is 0.345 e. The fourth-order valence-corrected chi connectivity index (χ4v) is 3.78. The third-order valence-corrected chi connectivity index (χ3v) is 5.44. The summed E-state index contributed by atoms with van der Waals surface area (Å²) in [7, 11) is 0. The van der Waals surface area contributed by atoms with Crippen molar-refractivity contribution in [2.24, 2.45) is 0 Å². The van der Waals surface area contributed by atoms with Crippen molar-refractivity contribution in [1.82, 2.24) is 9.97 Å². The minimum atomic E-state index is -0.486. The maximum absolute atomic E-state index is 13.3. The number of para-hydroxylation sites is 1. The molecule has 0 aliphatic heterocycles. The molecular formula is C26H16ClFN2O2. The van der Waals surface area contributed by atoms with Crippen molar-refractivity contribution in [3.63, 3.8) is 0 Å². The zero-order valence-corrected chi connectivity index (χ0v) is 17.5. The molecule has 0 N–H and O–H groups in total. The third-order valence-electron chi connectivity index (χ3n) is 5.12. The Labute approximate surface area is 188 Å². The highest BCUT2D eigenvalue weighted by Gasteiger charge is 2.15. The van der Waals surface area contributed by atoms with Crippen LogP contribution in [0.3, 0.4) is 0 Å². The van der Waals surface area contributed by atoms with Gasteiger partial charge in [-0.3, -0.25) is 0 Å². The van der Waals surface area contributed by atoms with Crippen LogP contribution in [-0.4, -0.2) is 9.97 Å². The molecule has 156 valence electrons. The summed E-state index contributed by atoms with van der Waals surface area (Å²) in [4.78, 5) is 22.1. The van der Waals surface area contributed by atoms with Gasteiger partial charge in [-0.2, -0.15) is 0 Å². The second-order valence-corrected chi connectivity index (χ2v) is 7.73. The number of aromatic nitrogens is 2. The van der Waals surface area contributed by atoms with E-state index in [1.165, 1.54) is 12.1 Å². The lowest BCUT2D eigenvalue weighted by atomic mass is 10.1. The number of rotatable bonds is 4. The number of halogens is 2. The molecule has 2 aromatic heterocycles. The van der Waals surface area contributed by atoms with Gasteiger partial charge in [-0.05, 0) is 42.0 Å². The fourth-order valence-electron chi connectivity index (χ4n) is 3.55. The summed E-state index contributed by atoms with van der Waals surface area (Å²) >= 11 is 6.41. The summed E-state index contributed by atoms with van der Waals surface area (Å²) in [6, 6.07) is 24.3. The SMILES string of the molecule is O=c1oc2ccccc2cc1-c1cc(-c2ccccc2Cl)nc(Cc2ccc(F)cc2)n1. The standard InChI is InChI=1S/C26H16ClFN2O2/c27-21-7-3-2-6-19(21)22-15-23(20-14-17-5-1-4-8-24(17)32-26(20)31)30-25(29-22)13-16-9-11-18(28)12-10-16/h1-12,14-15H,13H2. The molecule has 0 amide bonds. The molecule has 0 saturated heterocycles. The van der Waals surface area contributed by atoms with Gasteiger partial charge >= 0.3 is 5.63 Å². The highest BCUT2D eigenvalue weighted by molar-refractivity contribution is 6.33. The average molecular weight is 443 g/mol. The minimum Gasteiger partial charge on any atom is -0.422 e. The Balaban J connectivity index is 1.69. The van der Waals surface area contributed by atoms with Crippen molar-refractivity contribution >= 4 is 22.6 Å². The van der Waals surface area contributed by atoms with E-state index in [4.69, 9.17) is 16.0 Å². The maximum atomic E-state index is 13.3. The Morgan fingerprint density at radius 1 is 0.812 bits per heavy atom. The predicted octanol–water partition coefficient (Wildman–Crippen LogP) is 6.30. The molecule has 0 atom stereocenters. The molecular weight excluding hydrogens is 427 g/mol. The van der Waals surface area contributed by atoms with E-state index in [1.54, 1.807) is 36.4 Å². The molecule has 0 unspecified atom stereocenters. The largest absolute Gasteiger partial charge is 0.422 e. The van der Waals surface area contributed by atoms with Crippen LogP contribution in [0.25, 0.3) is 33.5 Å². The molecule has 0 aliphatic rings. The molecule has 0 radical (unpaired) electrons. The van der Waals surface area contributed by atoms with Crippen molar-refractivity contribution < 1.29 is 8.81 Å². The Bertz CT molecular complexity index is 1500. The van der Waals surface area contributed by atoms with Crippen molar-refractivity contribution in [1.29, 1.82) is 0 Å². The van der Waals surface area contributed by atoms with Crippen LogP contribution in [0.15, 0.2) is 94.1 Å². The first kappa shape index (κ1) is 20.1. The number of hydrogen-bond acceptors (Lipinski definition) is 4. The lowest BCUT2D eigenvalue weighted by Gasteiger charge is -2.10. The summed E-state index contributed by atoms with van der Waals surface area (Å²) < 4.78 is 18.8. The van der Waals surface area contributed by atoms with Gasteiger partial charge in [0, 0.05) is 22.4 Å². The number of nitrogens with zero attached hydrogens (tertiary/aromatic N) is 2. The van der Waals surface area contributed by atoms with E-state index in [2.05, 4.69) is 9.97 Å². The predicted molar refractivity (Wildman–Crippen MR) is 123 cm³/mol. The van der Waals surface area contributed by atoms with Gasteiger partial charge in [0.1, 0.15) is 17.2 Å². The van der Waals surface area contributed by atoms with Gasteiger partial charge in [-0.15, -0.1) is 0 Å². The van der Waals surface area contributed by atoms with Crippen LogP contribution in [0.2, 0.25) is 5.02 Å². The van der Waals surface area contributed by atoms with Gasteiger partial charge in [0.2, 0.25) is 0 Å². The molecule has 32 heavy (non-hydrogen) atoms. The highest BCUT2D eigenvalue weighted by atomic mass is 35.5. The first-order valence-electron chi connectivity index (χ1n) is 9.97. The van der Waals surface area contributed by atoms with Crippen molar-refractivity contribution in [2.45, 2.75) is 6.42 Å². The van der Waals surface area contributed by atoms with Gasteiger partial charge in [0.15, 0.2) is 0 Å². The zero-order chi connectivity index (χ0) is 22.1. The van der Waals surface area contributed by atoms with E-state index in [9.17, 15) is 9.18 Å². The van der Waals surface area contributed by atoms with Crippen LogP contribution >= 0.6 is 11.6 Å². The van der Waals surface area contributed by atoms with E-state index in [0.29, 0.717) is 39.8 Å². The van der Waals surface area contributed by atoms with Crippen LogP contribution in [0, 0.1) is 5.82 Å². The Morgan fingerprint density at radius 2 is 1.50 bits per heavy atom. The number of benzene rings is 3. The molecule has 3 aromatic carbocycles. The molecule has 0 bridgehead atoms. The Hall–Kier alpha value is -3.83. The van der Waals surface area contributed by atoms with Crippen LogP contribution in [0.5, 0.6) is 0 Å². The fraction of sp³-hybridized carbons (Fsp3) is 0.0385. The first-order chi connectivity index (χ1) is 15.6. The average Bonchev–Trinajstić information content (AvgIpc) is 2.80. The molecule has 0 spiro atoms. The maximum Gasteiger partial charge on any atom is 0.345 e. The molecule has 0 saturated carbocycles. The minimum absolute atomic E-state index is 0.311. The molecule has 0 fully saturated rings. The van der Waals surface area contributed by atoms with Crippen LogP contribution in [0.4, 0.5) is 4.39 Å².